The van der Waals surface area contributed by atoms with Crippen LogP contribution in [0, 0.1) is 0 Å². The topological polar surface area (TPSA) is 72.2 Å². The molecule has 0 aliphatic heterocycles. The molecule has 0 fully saturated rings. The molecule has 1 aromatic heterocycles. The Bertz CT molecular complexity index is 712. The van der Waals surface area contributed by atoms with E-state index in [9.17, 15) is 8.42 Å². The second kappa shape index (κ2) is 5.46. The summed E-state index contributed by atoms with van der Waals surface area (Å²) >= 11 is 11.9. The minimum absolute atomic E-state index is 0.174. The Balaban J connectivity index is 2.39. The molecular weight excluding hydrogens is 324 g/mol. The zero-order valence-corrected chi connectivity index (χ0v) is 12.7. The first kappa shape index (κ1) is 14.3. The minimum atomic E-state index is -3.63. The lowest BCUT2D eigenvalue weighted by Gasteiger charge is -2.09. The van der Waals surface area contributed by atoms with Gasteiger partial charge in [-0.2, -0.15) is 0 Å². The van der Waals surface area contributed by atoms with Crippen LogP contribution in [0.5, 0.6) is 0 Å². The van der Waals surface area contributed by atoms with Crippen LogP contribution in [0.1, 0.15) is 5.56 Å². The summed E-state index contributed by atoms with van der Waals surface area (Å²) in [5.74, 6) is 0. The van der Waals surface area contributed by atoms with Crippen LogP contribution in [0.3, 0.4) is 0 Å². The SMILES string of the molecule is NC(=S)c1ccc(Cl)c(NS(=O)(=O)c2cccs2)c1. The first-order valence-electron chi connectivity index (χ1n) is 5.06. The Morgan fingerprint density at radius 3 is 2.68 bits per heavy atom. The molecule has 0 amide bonds. The van der Waals surface area contributed by atoms with Crippen molar-refractivity contribution in [3.8, 4) is 0 Å². The highest BCUT2D eigenvalue weighted by molar-refractivity contribution is 7.94. The van der Waals surface area contributed by atoms with Gasteiger partial charge in [0.1, 0.15) is 9.20 Å². The van der Waals surface area contributed by atoms with E-state index in [4.69, 9.17) is 29.6 Å². The number of hydrogen-bond donors (Lipinski definition) is 2. The molecule has 4 nitrogen and oxygen atoms in total. The van der Waals surface area contributed by atoms with Gasteiger partial charge in [0.2, 0.25) is 0 Å². The summed E-state index contributed by atoms with van der Waals surface area (Å²) in [4.78, 5) is 0.174. The van der Waals surface area contributed by atoms with E-state index >= 15 is 0 Å². The number of nitrogens with two attached hydrogens (primary N) is 1. The molecule has 8 heteroatoms. The summed E-state index contributed by atoms with van der Waals surface area (Å²) in [7, 11) is -3.63. The summed E-state index contributed by atoms with van der Waals surface area (Å²) in [5, 5.41) is 1.96. The number of anilines is 1. The van der Waals surface area contributed by atoms with Gasteiger partial charge in [0.25, 0.3) is 10.0 Å². The Labute approximate surface area is 125 Å². The van der Waals surface area contributed by atoms with Crippen molar-refractivity contribution >= 4 is 55.9 Å². The van der Waals surface area contributed by atoms with Gasteiger partial charge < -0.3 is 5.73 Å². The standard InChI is InChI=1S/C11H9ClN2O2S3/c12-8-4-3-7(11(13)17)6-9(8)14-19(15,16)10-2-1-5-18-10/h1-6,14H,(H2,13,17). The maximum atomic E-state index is 12.1. The number of nitrogens with one attached hydrogen (secondary N) is 1. The van der Waals surface area contributed by atoms with E-state index in [1.165, 1.54) is 12.1 Å². The summed E-state index contributed by atoms with van der Waals surface area (Å²) in [6.45, 7) is 0. The van der Waals surface area contributed by atoms with Crippen molar-refractivity contribution in [2.75, 3.05) is 4.72 Å². The molecule has 0 unspecified atom stereocenters. The lowest BCUT2D eigenvalue weighted by atomic mass is 10.2. The first-order chi connectivity index (χ1) is 8.90. The maximum absolute atomic E-state index is 12.1. The number of thiocarbonyl (C=S) groups is 1. The first-order valence-corrected chi connectivity index (χ1v) is 8.21. The molecule has 3 N–H and O–H groups in total. The van der Waals surface area contributed by atoms with Crippen LogP contribution in [0.25, 0.3) is 0 Å². The van der Waals surface area contributed by atoms with Crippen LogP contribution in [-0.2, 0) is 10.0 Å². The van der Waals surface area contributed by atoms with E-state index in [-0.39, 0.29) is 19.9 Å². The van der Waals surface area contributed by atoms with Crippen molar-refractivity contribution in [3.63, 3.8) is 0 Å². The minimum Gasteiger partial charge on any atom is -0.389 e. The predicted octanol–water partition coefficient (Wildman–Crippen LogP) is 2.84. The number of hydrogen-bond acceptors (Lipinski definition) is 4. The molecule has 19 heavy (non-hydrogen) atoms. The fourth-order valence-corrected chi connectivity index (χ4v) is 3.78. The number of benzene rings is 1. The molecular formula is C11H9ClN2O2S3. The molecule has 2 rings (SSSR count). The molecule has 0 aliphatic carbocycles. The second-order valence-electron chi connectivity index (χ2n) is 3.60. The predicted molar refractivity (Wildman–Crippen MR) is 82.5 cm³/mol. The fraction of sp³-hybridized carbons (Fsp3) is 0. The molecule has 1 heterocycles. The largest absolute Gasteiger partial charge is 0.389 e. The average Bonchev–Trinajstić information content (AvgIpc) is 2.85. The van der Waals surface area contributed by atoms with E-state index in [0.717, 1.165) is 11.3 Å². The highest BCUT2D eigenvalue weighted by Gasteiger charge is 2.17. The monoisotopic (exact) mass is 332 g/mol. The summed E-state index contributed by atoms with van der Waals surface area (Å²) in [5.41, 5.74) is 6.30. The van der Waals surface area contributed by atoms with Gasteiger partial charge in [-0.25, -0.2) is 8.42 Å². The Morgan fingerprint density at radius 1 is 1.37 bits per heavy atom. The summed E-state index contributed by atoms with van der Waals surface area (Å²) < 4.78 is 26.8. The quantitative estimate of drug-likeness (QED) is 0.844. The van der Waals surface area contributed by atoms with Gasteiger partial charge in [-0.3, -0.25) is 4.72 Å². The maximum Gasteiger partial charge on any atom is 0.271 e. The van der Waals surface area contributed by atoms with E-state index in [1.807, 2.05) is 0 Å². The van der Waals surface area contributed by atoms with Crippen LogP contribution >= 0.6 is 35.2 Å². The molecule has 0 bridgehead atoms. The lowest BCUT2D eigenvalue weighted by Crippen LogP contribution is -2.14. The molecule has 0 saturated carbocycles. The fourth-order valence-electron chi connectivity index (χ4n) is 1.37. The summed E-state index contributed by atoms with van der Waals surface area (Å²) in [6.07, 6.45) is 0. The van der Waals surface area contributed by atoms with Crippen LogP contribution in [0.2, 0.25) is 5.02 Å². The highest BCUT2D eigenvalue weighted by atomic mass is 35.5. The third kappa shape index (κ3) is 3.24. The second-order valence-corrected chi connectivity index (χ2v) is 7.30. The normalized spacial score (nSPS) is 11.2. The van der Waals surface area contributed by atoms with Crippen LogP contribution < -0.4 is 10.5 Å². The molecule has 0 atom stereocenters. The number of thiophene rings is 1. The Hall–Kier alpha value is -1.15. The number of halogens is 1. The van der Waals surface area contributed by atoms with Crippen LogP contribution in [-0.4, -0.2) is 13.4 Å². The van der Waals surface area contributed by atoms with Crippen molar-refractivity contribution in [2.45, 2.75) is 4.21 Å². The number of rotatable bonds is 4. The third-order valence-corrected chi connectivity index (χ3v) is 5.58. The Morgan fingerprint density at radius 2 is 2.11 bits per heavy atom. The molecule has 100 valence electrons. The van der Waals surface area contributed by atoms with Crippen LogP contribution in [0.4, 0.5) is 5.69 Å². The smallest absolute Gasteiger partial charge is 0.271 e. The molecule has 2 aromatic rings. The lowest BCUT2D eigenvalue weighted by molar-refractivity contribution is 0.603. The van der Waals surface area contributed by atoms with Gasteiger partial charge in [0, 0.05) is 5.56 Å². The van der Waals surface area contributed by atoms with Gasteiger partial charge >= 0.3 is 0 Å². The average molecular weight is 333 g/mol. The van der Waals surface area contributed by atoms with Gasteiger partial charge in [-0.1, -0.05) is 36.0 Å². The molecule has 0 spiro atoms. The van der Waals surface area contributed by atoms with Crippen molar-refractivity contribution < 1.29 is 8.42 Å². The molecule has 0 aliphatic rings. The van der Waals surface area contributed by atoms with Crippen LogP contribution in [0.15, 0.2) is 39.9 Å². The number of sulfonamides is 1. The molecule has 0 saturated heterocycles. The molecule has 0 radical (unpaired) electrons. The molecule has 1 aromatic carbocycles. The van der Waals surface area contributed by atoms with Gasteiger partial charge in [-0.05, 0) is 23.6 Å². The zero-order valence-electron chi connectivity index (χ0n) is 9.46. The van der Waals surface area contributed by atoms with E-state index in [0.29, 0.717) is 5.56 Å². The van der Waals surface area contributed by atoms with Gasteiger partial charge in [0.05, 0.1) is 10.7 Å². The van der Waals surface area contributed by atoms with Crippen molar-refractivity contribution in [1.29, 1.82) is 0 Å². The van der Waals surface area contributed by atoms with Gasteiger partial charge in [0.15, 0.2) is 0 Å². The van der Waals surface area contributed by atoms with Crippen molar-refractivity contribution in [1.82, 2.24) is 0 Å². The van der Waals surface area contributed by atoms with E-state index < -0.39 is 10.0 Å². The van der Waals surface area contributed by atoms with E-state index in [2.05, 4.69) is 4.72 Å². The summed E-state index contributed by atoms with van der Waals surface area (Å²) in [6, 6.07) is 7.86. The zero-order chi connectivity index (χ0) is 14.0. The Kier molecular flexibility index (Phi) is 4.10. The van der Waals surface area contributed by atoms with Crippen molar-refractivity contribution in [2.24, 2.45) is 5.73 Å². The van der Waals surface area contributed by atoms with Crippen molar-refractivity contribution in [3.05, 3.63) is 46.3 Å². The van der Waals surface area contributed by atoms with Gasteiger partial charge in [-0.15, -0.1) is 11.3 Å². The highest BCUT2D eigenvalue weighted by Crippen LogP contribution is 2.27. The van der Waals surface area contributed by atoms with E-state index in [1.54, 1.807) is 23.6 Å². The third-order valence-electron chi connectivity index (χ3n) is 2.26.